The van der Waals surface area contributed by atoms with Crippen LogP contribution in [0.2, 0.25) is 0 Å². The zero-order chi connectivity index (χ0) is 12.8. The lowest BCUT2D eigenvalue weighted by Crippen LogP contribution is -2.34. The Kier molecular flexibility index (Phi) is 5.58. The molecule has 0 spiro atoms. The summed E-state index contributed by atoms with van der Waals surface area (Å²) < 4.78 is 0. The third kappa shape index (κ3) is 4.09. The number of amides is 1. The van der Waals surface area contributed by atoms with Crippen molar-refractivity contribution in [2.24, 2.45) is 11.7 Å². The Morgan fingerprint density at radius 3 is 2.82 bits per heavy atom. The van der Waals surface area contributed by atoms with Gasteiger partial charge >= 0.3 is 0 Å². The van der Waals surface area contributed by atoms with E-state index in [4.69, 9.17) is 5.73 Å². The predicted octanol–water partition coefficient (Wildman–Crippen LogP) is 1.27. The molecule has 0 fully saturated rings. The van der Waals surface area contributed by atoms with Crippen molar-refractivity contribution in [3.63, 3.8) is 0 Å². The molecule has 1 amide bonds. The molecule has 0 aliphatic heterocycles. The maximum Gasteiger partial charge on any atom is 0.224 e. The molecule has 1 rings (SSSR count). The van der Waals surface area contributed by atoms with Gasteiger partial charge in [-0.05, 0) is 13.3 Å². The van der Waals surface area contributed by atoms with Crippen LogP contribution in [0, 0.1) is 12.8 Å². The highest BCUT2D eigenvalue weighted by molar-refractivity contribution is 7.11. The fraction of sp³-hybridized carbons (Fsp3) is 0.667. The van der Waals surface area contributed by atoms with E-state index in [0.717, 1.165) is 17.8 Å². The number of hydrogen-bond acceptors (Lipinski definition) is 4. The van der Waals surface area contributed by atoms with Crippen LogP contribution >= 0.6 is 11.3 Å². The van der Waals surface area contributed by atoms with Gasteiger partial charge in [0.05, 0.1) is 10.7 Å². The molecule has 0 aliphatic rings. The molecule has 1 aromatic rings. The SMILES string of the molecule is CCc1nc(CCNC(=O)C(C)CN)sc1C. The number of carbonyl (C=O) groups is 1. The van der Waals surface area contributed by atoms with E-state index in [0.29, 0.717) is 13.1 Å². The summed E-state index contributed by atoms with van der Waals surface area (Å²) >= 11 is 1.72. The molecule has 0 bridgehead atoms. The van der Waals surface area contributed by atoms with Crippen molar-refractivity contribution in [2.45, 2.75) is 33.6 Å². The molecule has 3 N–H and O–H groups in total. The number of hydrogen-bond donors (Lipinski definition) is 2. The van der Waals surface area contributed by atoms with Gasteiger partial charge in [-0.3, -0.25) is 4.79 Å². The summed E-state index contributed by atoms with van der Waals surface area (Å²) in [6.07, 6.45) is 1.77. The van der Waals surface area contributed by atoms with Gasteiger partial charge in [-0.15, -0.1) is 11.3 Å². The highest BCUT2D eigenvalue weighted by Gasteiger charge is 2.10. The van der Waals surface area contributed by atoms with Crippen LogP contribution in [-0.4, -0.2) is 24.0 Å². The van der Waals surface area contributed by atoms with Crippen LogP contribution in [0.25, 0.3) is 0 Å². The zero-order valence-corrected chi connectivity index (χ0v) is 11.6. The summed E-state index contributed by atoms with van der Waals surface area (Å²) in [7, 11) is 0. The maximum atomic E-state index is 11.5. The smallest absolute Gasteiger partial charge is 0.224 e. The van der Waals surface area contributed by atoms with Gasteiger partial charge in [-0.25, -0.2) is 4.98 Å². The molecule has 5 heteroatoms. The Hall–Kier alpha value is -0.940. The summed E-state index contributed by atoms with van der Waals surface area (Å²) in [6.45, 7) is 7.06. The molecule has 1 heterocycles. The number of thiazole rings is 1. The van der Waals surface area contributed by atoms with E-state index >= 15 is 0 Å². The van der Waals surface area contributed by atoms with Gasteiger partial charge in [0.2, 0.25) is 5.91 Å². The second-order valence-corrected chi connectivity index (χ2v) is 5.43. The maximum absolute atomic E-state index is 11.5. The highest BCUT2D eigenvalue weighted by atomic mass is 32.1. The van der Waals surface area contributed by atoms with Gasteiger partial charge < -0.3 is 11.1 Å². The van der Waals surface area contributed by atoms with Crippen LogP contribution < -0.4 is 11.1 Å². The van der Waals surface area contributed by atoms with Crippen LogP contribution in [0.15, 0.2) is 0 Å². The fourth-order valence-corrected chi connectivity index (χ4v) is 2.52. The number of carbonyl (C=O) groups excluding carboxylic acids is 1. The Labute approximate surface area is 107 Å². The Morgan fingerprint density at radius 1 is 1.59 bits per heavy atom. The molecule has 0 aromatic carbocycles. The van der Waals surface area contributed by atoms with E-state index in [1.807, 2.05) is 6.92 Å². The second kappa shape index (κ2) is 6.71. The molecule has 0 aliphatic carbocycles. The third-order valence-electron chi connectivity index (χ3n) is 2.71. The van der Waals surface area contributed by atoms with E-state index in [2.05, 4.69) is 24.1 Å². The van der Waals surface area contributed by atoms with E-state index in [9.17, 15) is 4.79 Å². The second-order valence-electron chi connectivity index (χ2n) is 4.14. The van der Waals surface area contributed by atoms with Crippen molar-refractivity contribution in [1.82, 2.24) is 10.3 Å². The first-order chi connectivity index (χ1) is 8.08. The van der Waals surface area contributed by atoms with Crippen LogP contribution in [0.4, 0.5) is 0 Å². The molecular formula is C12H21N3OS. The van der Waals surface area contributed by atoms with Gasteiger partial charge in [0.1, 0.15) is 0 Å². The van der Waals surface area contributed by atoms with Crippen molar-refractivity contribution < 1.29 is 4.79 Å². The predicted molar refractivity (Wildman–Crippen MR) is 71.2 cm³/mol. The van der Waals surface area contributed by atoms with Crippen molar-refractivity contribution in [2.75, 3.05) is 13.1 Å². The van der Waals surface area contributed by atoms with Crippen LogP contribution in [0.5, 0.6) is 0 Å². The van der Waals surface area contributed by atoms with Gasteiger partial charge in [0.25, 0.3) is 0 Å². The molecule has 4 nitrogen and oxygen atoms in total. The first-order valence-electron chi connectivity index (χ1n) is 6.01. The van der Waals surface area contributed by atoms with Gasteiger partial charge in [-0.1, -0.05) is 13.8 Å². The molecular weight excluding hydrogens is 234 g/mol. The molecule has 0 saturated carbocycles. The van der Waals surface area contributed by atoms with Crippen molar-refractivity contribution in [3.8, 4) is 0 Å². The summed E-state index contributed by atoms with van der Waals surface area (Å²) in [5.74, 6) is -0.0873. The quantitative estimate of drug-likeness (QED) is 0.804. The minimum absolute atomic E-state index is 0.0245. The summed E-state index contributed by atoms with van der Waals surface area (Å²) in [5, 5.41) is 3.97. The average molecular weight is 255 g/mol. The molecule has 1 aromatic heterocycles. The van der Waals surface area contributed by atoms with E-state index in [1.54, 1.807) is 11.3 Å². The van der Waals surface area contributed by atoms with Crippen molar-refractivity contribution in [1.29, 1.82) is 0 Å². The molecule has 1 atom stereocenters. The summed E-state index contributed by atoms with van der Waals surface area (Å²) in [6, 6.07) is 0. The number of nitrogens with zero attached hydrogens (tertiary/aromatic N) is 1. The largest absolute Gasteiger partial charge is 0.355 e. The first-order valence-corrected chi connectivity index (χ1v) is 6.83. The number of rotatable bonds is 6. The summed E-state index contributed by atoms with van der Waals surface area (Å²) in [5.41, 5.74) is 6.60. The lowest BCUT2D eigenvalue weighted by atomic mass is 10.2. The Bertz CT molecular complexity index is 376. The zero-order valence-electron chi connectivity index (χ0n) is 10.7. The minimum Gasteiger partial charge on any atom is -0.355 e. The van der Waals surface area contributed by atoms with Gasteiger partial charge in [0.15, 0.2) is 0 Å². The molecule has 0 radical (unpaired) electrons. The normalized spacial score (nSPS) is 12.5. The van der Waals surface area contributed by atoms with Crippen molar-refractivity contribution in [3.05, 3.63) is 15.6 Å². The highest BCUT2D eigenvalue weighted by Crippen LogP contribution is 2.17. The average Bonchev–Trinajstić information content (AvgIpc) is 2.68. The van der Waals surface area contributed by atoms with Gasteiger partial charge in [-0.2, -0.15) is 0 Å². The van der Waals surface area contributed by atoms with Crippen LogP contribution in [0.1, 0.15) is 29.4 Å². The molecule has 0 saturated heterocycles. The standard InChI is InChI=1S/C12H21N3OS/c1-4-10-9(3)17-11(15-10)5-6-14-12(16)8(2)7-13/h8H,4-7,13H2,1-3H3,(H,14,16). The molecule has 1 unspecified atom stereocenters. The monoisotopic (exact) mass is 255 g/mol. The third-order valence-corrected chi connectivity index (χ3v) is 3.78. The van der Waals surface area contributed by atoms with E-state index in [-0.39, 0.29) is 11.8 Å². The van der Waals surface area contributed by atoms with Crippen molar-refractivity contribution >= 4 is 17.2 Å². The van der Waals surface area contributed by atoms with Gasteiger partial charge in [0, 0.05) is 30.3 Å². The summed E-state index contributed by atoms with van der Waals surface area (Å²) in [4.78, 5) is 17.3. The molecule has 96 valence electrons. The number of aromatic nitrogens is 1. The first kappa shape index (κ1) is 14.1. The lowest BCUT2D eigenvalue weighted by Gasteiger charge is -2.08. The minimum atomic E-state index is -0.112. The topological polar surface area (TPSA) is 68.0 Å². The Morgan fingerprint density at radius 2 is 2.29 bits per heavy atom. The lowest BCUT2D eigenvalue weighted by molar-refractivity contribution is -0.124. The van der Waals surface area contributed by atoms with E-state index in [1.165, 1.54) is 10.6 Å². The number of nitrogens with two attached hydrogens (primary N) is 1. The van der Waals surface area contributed by atoms with Crippen LogP contribution in [0.3, 0.4) is 0 Å². The number of nitrogens with one attached hydrogen (secondary N) is 1. The van der Waals surface area contributed by atoms with Crippen LogP contribution in [-0.2, 0) is 17.6 Å². The number of aryl methyl sites for hydroxylation is 2. The Balaban J connectivity index is 2.38. The van der Waals surface area contributed by atoms with E-state index < -0.39 is 0 Å². The fourth-order valence-electron chi connectivity index (χ4n) is 1.50. The molecule has 17 heavy (non-hydrogen) atoms.